The van der Waals surface area contributed by atoms with E-state index in [1.54, 1.807) is 6.92 Å². The quantitative estimate of drug-likeness (QED) is 0.613. The Labute approximate surface area is 117 Å². The zero-order valence-corrected chi connectivity index (χ0v) is 11.6. The molecule has 0 aromatic carbocycles. The maximum atomic E-state index is 11.1. The first-order chi connectivity index (χ1) is 9.52. The molecule has 2 unspecified atom stereocenters. The first kappa shape index (κ1) is 14.4. The topological polar surface area (TPSA) is 104 Å². The lowest BCUT2D eigenvalue weighted by atomic mass is 10.0. The summed E-state index contributed by atoms with van der Waals surface area (Å²) in [5, 5.41) is 23.7. The second-order valence-electron chi connectivity index (χ2n) is 4.93. The molecule has 1 saturated heterocycles. The second-order valence-corrected chi connectivity index (χ2v) is 4.93. The van der Waals surface area contributed by atoms with Crippen LogP contribution in [-0.2, 0) is 0 Å². The molecule has 2 N–H and O–H groups in total. The predicted molar refractivity (Wildman–Crippen MR) is 74.9 cm³/mol. The third-order valence-electron chi connectivity index (χ3n) is 3.49. The van der Waals surface area contributed by atoms with Crippen LogP contribution in [0.1, 0.15) is 20.3 Å². The minimum atomic E-state index is -0.471. The van der Waals surface area contributed by atoms with Crippen LogP contribution in [-0.4, -0.2) is 45.7 Å². The largest absolute Gasteiger partial charge is 0.393 e. The molecule has 8 heteroatoms. The van der Waals surface area contributed by atoms with Gasteiger partial charge in [0.1, 0.15) is 6.20 Å². The van der Waals surface area contributed by atoms with E-state index in [0.29, 0.717) is 31.4 Å². The number of aromatic nitrogens is 2. The number of hydrogen-bond donors (Lipinski definition) is 2. The van der Waals surface area contributed by atoms with Crippen LogP contribution in [0.3, 0.4) is 0 Å². The Morgan fingerprint density at radius 2 is 2.45 bits per heavy atom. The van der Waals surface area contributed by atoms with E-state index < -0.39 is 11.0 Å². The first-order valence-electron chi connectivity index (χ1n) is 6.71. The summed E-state index contributed by atoms with van der Waals surface area (Å²) >= 11 is 0. The predicted octanol–water partition coefficient (Wildman–Crippen LogP) is 1.02. The van der Waals surface area contributed by atoms with E-state index >= 15 is 0 Å². The van der Waals surface area contributed by atoms with E-state index in [-0.39, 0.29) is 11.6 Å². The average molecular weight is 281 g/mol. The number of anilines is 2. The summed E-state index contributed by atoms with van der Waals surface area (Å²) in [6.07, 6.45) is 1.61. The molecule has 0 saturated carbocycles. The van der Waals surface area contributed by atoms with Crippen LogP contribution >= 0.6 is 0 Å². The average Bonchev–Trinajstić information content (AvgIpc) is 2.88. The Bertz CT molecular complexity index is 494. The number of aliphatic hydroxyl groups excluding tert-OH is 1. The van der Waals surface area contributed by atoms with Gasteiger partial charge in [-0.25, -0.2) is 4.98 Å². The third-order valence-corrected chi connectivity index (χ3v) is 3.49. The molecule has 1 aliphatic heterocycles. The van der Waals surface area contributed by atoms with Crippen LogP contribution in [0, 0.1) is 16.0 Å². The van der Waals surface area contributed by atoms with Gasteiger partial charge in [0.15, 0.2) is 0 Å². The van der Waals surface area contributed by atoms with E-state index in [4.69, 9.17) is 0 Å². The SMILES string of the molecule is CCNc1ncc([N+](=O)[O-])c(N2CCC(C(C)O)C2)n1. The van der Waals surface area contributed by atoms with Crippen molar-refractivity contribution in [3.05, 3.63) is 16.3 Å². The summed E-state index contributed by atoms with van der Waals surface area (Å²) < 4.78 is 0. The molecule has 0 spiro atoms. The minimum Gasteiger partial charge on any atom is -0.393 e. The van der Waals surface area contributed by atoms with Gasteiger partial charge in [-0.05, 0) is 20.3 Å². The van der Waals surface area contributed by atoms with Gasteiger partial charge in [-0.3, -0.25) is 10.1 Å². The molecule has 2 heterocycles. The molecule has 110 valence electrons. The highest BCUT2D eigenvalue weighted by Crippen LogP contribution is 2.31. The Kier molecular flexibility index (Phi) is 4.33. The van der Waals surface area contributed by atoms with Gasteiger partial charge in [0, 0.05) is 25.6 Å². The molecule has 1 aromatic rings. The lowest BCUT2D eigenvalue weighted by Crippen LogP contribution is -2.25. The summed E-state index contributed by atoms with van der Waals surface area (Å²) in [5.74, 6) is 0.824. The monoisotopic (exact) mass is 281 g/mol. The summed E-state index contributed by atoms with van der Waals surface area (Å²) in [6, 6.07) is 0. The van der Waals surface area contributed by atoms with Gasteiger partial charge in [-0.2, -0.15) is 4.98 Å². The van der Waals surface area contributed by atoms with Crippen LogP contribution < -0.4 is 10.2 Å². The smallest absolute Gasteiger partial charge is 0.329 e. The Morgan fingerprint density at radius 1 is 1.70 bits per heavy atom. The number of rotatable bonds is 5. The molecule has 20 heavy (non-hydrogen) atoms. The highest BCUT2D eigenvalue weighted by atomic mass is 16.6. The molecular formula is C12H19N5O3. The van der Waals surface area contributed by atoms with Gasteiger partial charge in [0.25, 0.3) is 0 Å². The van der Waals surface area contributed by atoms with Gasteiger partial charge in [0.2, 0.25) is 11.8 Å². The van der Waals surface area contributed by atoms with Gasteiger partial charge in [0.05, 0.1) is 11.0 Å². The van der Waals surface area contributed by atoms with Crippen molar-refractivity contribution >= 4 is 17.5 Å². The normalized spacial score (nSPS) is 19.9. The van der Waals surface area contributed by atoms with Crippen LogP contribution in [0.15, 0.2) is 6.20 Å². The Morgan fingerprint density at radius 3 is 3.00 bits per heavy atom. The van der Waals surface area contributed by atoms with Gasteiger partial charge in [-0.1, -0.05) is 0 Å². The number of nitrogens with zero attached hydrogens (tertiary/aromatic N) is 4. The molecule has 1 aliphatic rings. The molecule has 1 fully saturated rings. The van der Waals surface area contributed by atoms with E-state index in [9.17, 15) is 15.2 Å². The van der Waals surface area contributed by atoms with Crippen molar-refractivity contribution in [1.82, 2.24) is 9.97 Å². The van der Waals surface area contributed by atoms with E-state index in [0.717, 1.165) is 6.42 Å². The van der Waals surface area contributed by atoms with Crippen molar-refractivity contribution in [2.24, 2.45) is 5.92 Å². The van der Waals surface area contributed by atoms with Crippen LogP contribution in [0.4, 0.5) is 17.5 Å². The lowest BCUT2D eigenvalue weighted by Gasteiger charge is -2.18. The van der Waals surface area contributed by atoms with Crippen LogP contribution in [0.5, 0.6) is 0 Å². The summed E-state index contributed by atoms with van der Waals surface area (Å²) in [7, 11) is 0. The van der Waals surface area contributed by atoms with Crippen molar-refractivity contribution in [1.29, 1.82) is 0 Å². The fourth-order valence-corrected chi connectivity index (χ4v) is 2.34. The second kappa shape index (κ2) is 6.00. The van der Waals surface area contributed by atoms with Crippen molar-refractivity contribution in [3.63, 3.8) is 0 Å². The summed E-state index contributed by atoms with van der Waals surface area (Å²) in [5.41, 5.74) is -0.0992. The van der Waals surface area contributed by atoms with Gasteiger partial charge >= 0.3 is 5.69 Å². The third kappa shape index (κ3) is 2.96. The molecule has 0 bridgehead atoms. The van der Waals surface area contributed by atoms with Crippen molar-refractivity contribution in [2.45, 2.75) is 26.4 Å². The molecule has 0 radical (unpaired) electrons. The molecule has 2 atom stereocenters. The Hall–Kier alpha value is -1.96. The first-order valence-corrected chi connectivity index (χ1v) is 6.71. The fraction of sp³-hybridized carbons (Fsp3) is 0.667. The van der Waals surface area contributed by atoms with E-state index in [1.807, 2.05) is 11.8 Å². The summed E-state index contributed by atoms with van der Waals surface area (Å²) in [4.78, 5) is 20.6. The molecule has 1 aromatic heterocycles. The van der Waals surface area contributed by atoms with E-state index in [1.165, 1.54) is 6.20 Å². The standard InChI is InChI=1S/C12H19N5O3/c1-3-13-12-14-6-10(17(19)20)11(15-12)16-5-4-9(7-16)8(2)18/h6,8-9,18H,3-5,7H2,1-2H3,(H,13,14,15). The van der Waals surface area contributed by atoms with Gasteiger partial charge in [-0.15, -0.1) is 0 Å². The highest BCUT2D eigenvalue weighted by molar-refractivity contribution is 5.59. The molecule has 2 rings (SSSR count). The van der Waals surface area contributed by atoms with E-state index in [2.05, 4.69) is 15.3 Å². The van der Waals surface area contributed by atoms with Crippen molar-refractivity contribution in [3.8, 4) is 0 Å². The van der Waals surface area contributed by atoms with Gasteiger partial charge < -0.3 is 15.3 Å². The molecule has 8 nitrogen and oxygen atoms in total. The maximum absolute atomic E-state index is 11.1. The van der Waals surface area contributed by atoms with Crippen molar-refractivity contribution < 1.29 is 10.0 Å². The van der Waals surface area contributed by atoms with Crippen molar-refractivity contribution in [2.75, 3.05) is 29.9 Å². The molecular weight excluding hydrogens is 262 g/mol. The zero-order valence-electron chi connectivity index (χ0n) is 11.6. The maximum Gasteiger partial charge on any atom is 0.329 e. The summed E-state index contributed by atoms with van der Waals surface area (Å²) in [6.45, 7) is 5.52. The lowest BCUT2D eigenvalue weighted by molar-refractivity contribution is -0.384. The molecule has 0 amide bonds. The number of aliphatic hydroxyl groups is 1. The number of nitrogens with one attached hydrogen (secondary N) is 1. The fourth-order valence-electron chi connectivity index (χ4n) is 2.34. The van der Waals surface area contributed by atoms with Crippen LogP contribution in [0.25, 0.3) is 0 Å². The Balaban J connectivity index is 2.28. The van der Waals surface area contributed by atoms with Crippen LogP contribution in [0.2, 0.25) is 0 Å². The number of nitro groups is 1. The molecule has 0 aliphatic carbocycles. The zero-order chi connectivity index (χ0) is 14.7. The highest BCUT2D eigenvalue weighted by Gasteiger charge is 2.31. The minimum absolute atomic E-state index is 0.0992. The number of hydrogen-bond acceptors (Lipinski definition) is 7.